The minimum Gasteiger partial charge on any atom is -0.324 e. The Morgan fingerprint density at radius 3 is 2.81 bits per heavy atom. The second-order valence-corrected chi connectivity index (χ2v) is 6.96. The summed E-state index contributed by atoms with van der Waals surface area (Å²) >= 11 is 0. The lowest BCUT2D eigenvalue weighted by Gasteiger charge is -2.42. The van der Waals surface area contributed by atoms with E-state index in [0.717, 1.165) is 24.2 Å². The summed E-state index contributed by atoms with van der Waals surface area (Å²) in [5, 5.41) is 13.5. The second kappa shape index (κ2) is 6.49. The molecule has 4 rings (SSSR count). The Hall–Kier alpha value is -3.23. The van der Waals surface area contributed by atoms with E-state index in [0.29, 0.717) is 19.6 Å². The van der Waals surface area contributed by atoms with Crippen LogP contribution in [0.4, 0.5) is 20.6 Å². The van der Waals surface area contributed by atoms with Crippen molar-refractivity contribution >= 4 is 17.4 Å². The molecule has 0 spiro atoms. The highest BCUT2D eigenvalue weighted by molar-refractivity contribution is 5.89. The maximum Gasteiger partial charge on any atom is 0.321 e. The molecule has 2 atom stereocenters. The summed E-state index contributed by atoms with van der Waals surface area (Å²) in [5.41, 5.74) is 0.379. The van der Waals surface area contributed by atoms with E-state index < -0.39 is 22.5 Å². The highest BCUT2D eigenvalue weighted by Crippen LogP contribution is 2.35. The maximum absolute atomic E-state index is 13.4. The number of carbonyl (C=O) groups excluding carboxylic acids is 1. The molecule has 0 unspecified atom stereocenters. The van der Waals surface area contributed by atoms with Crippen molar-refractivity contribution in [1.29, 1.82) is 0 Å². The molecule has 0 radical (unpaired) electrons. The van der Waals surface area contributed by atoms with Gasteiger partial charge in [0.05, 0.1) is 4.92 Å². The smallest absolute Gasteiger partial charge is 0.321 e. The third-order valence-electron chi connectivity index (χ3n) is 5.16. The number of nitrogens with one attached hydrogen (secondary N) is 1. The number of anilines is 1. The lowest BCUT2D eigenvalue weighted by molar-refractivity contribution is -0.387. The first-order chi connectivity index (χ1) is 12.9. The molecule has 0 saturated carbocycles. The predicted molar refractivity (Wildman–Crippen MR) is 95.2 cm³/mol. The highest BCUT2D eigenvalue weighted by atomic mass is 19.1. The first kappa shape index (κ1) is 17.2. The molecule has 2 aliphatic rings. The number of piperidine rings is 1. The first-order valence-corrected chi connectivity index (χ1v) is 8.62. The van der Waals surface area contributed by atoms with E-state index >= 15 is 0 Å². The van der Waals surface area contributed by atoms with Gasteiger partial charge in [0, 0.05) is 49.1 Å². The van der Waals surface area contributed by atoms with Crippen LogP contribution in [0.25, 0.3) is 0 Å². The average molecular weight is 372 g/mol. The van der Waals surface area contributed by atoms with Crippen LogP contribution in [0.15, 0.2) is 41.2 Å². The first-order valence-electron chi connectivity index (χ1n) is 8.62. The molecule has 8 nitrogen and oxygen atoms in total. The van der Waals surface area contributed by atoms with Gasteiger partial charge in [0.25, 0.3) is 5.56 Å². The molecule has 0 aliphatic carbocycles. The van der Waals surface area contributed by atoms with Crippen LogP contribution >= 0.6 is 0 Å². The lowest BCUT2D eigenvalue weighted by atomic mass is 9.83. The standard InChI is InChI=1S/C18H17FN4O4/c19-14-5-4-13(7-16(14)23(26)27)20-18(25)21-8-11-6-12(10-21)15-2-1-3-17(24)22(15)9-11/h1-5,7,11-12H,6,8-10H2,(H,20,25)/t11-,12+/m0/s1. The van der Waals surface area contributed by atoms with Crippen LogP contribution < -0.4 is 10.9 Å². The number of nitrogens with zero attached hydrogens (tertiary/aromatic N) is 3. The number of amides is 2. The minimum absolute atomic E-state index is 0.0290. The number of halogens is 1. The largest absolute Gasteiger partial charge is 0.324 e. The zero-order valence-corrected chi connectivity index (χ0v) is 14.3. The van der Waals surface area contributed by atoms with Crippen molar-refractivity contribution in [2.24, 2.45) is 5.92 Å². The van der Waals surface area contributed by atoms with E-state index in [2.05, 4.69) is 5.32 Å². The number of likely N-dealkylation sites (tertiary alicyclic amines) is 1. The molecule has 2 aliphatic heterocycles. The Morgan fingerprint density at radius 2 is 2.04 bits per heavy atom. The van der Waals surface area contributed by atoms with E-state index in [1.807, 2.05) is 6.07 Å². The van der Waals surface area contributed by atoms with Crippen LogP contribution in [0, 0.1) is 21.8 Å². The van der Waals surface area contributed by atoms with Crippen LogP contribution in [-0.2, 0) is 6.54 Å². The van der Waals surface area contributed by atoms with Gasteiger partial charge in [0.15, 0.2) is 0 Å². The number of pyridine rings is 1. The second-order valence-electron chi connectivity index (χ2n) is 6.96. The number of nitro groups is 1. The van der Waals surface area contributed by atoms with Crippen LogP contribution in [0.2, 0.25) is 0 Å². The maximum atomic E-state index is 13.4. The molecule has 2 aromatic rings. The molecule has 1 aromatic heterocycles. The Bertz CT molecular complexity index is 990. The van der Waals surface area contributed by atoms with Gasteiger partial charge in [-0.15, -0.1) is 0 Å². The molecule has 140 valence electrons. The van der Waals surface area contributed by atoms with Crippen LogP contribution in [0.5, 0.6) is 0 Å². The number of nitro benzene ring substituents is 1. The fraction of sp³-hybridized carbons (Fsp3) is 0.333. The molecular weight excluding hydrogens is 355 g/mol. The number of aromatic nitrogens is 1. The van der Waals surface area contributed by atoms with Crippen molar-refractivity contribution in [1.82, 2.24) is 9.47 Å². The third kappa shape index (κ3) is 3.16. The fourth-order valence-corrected chi connectivity index (χ4v) is 4.00. The average Bonchev–Trinajstić information content (AvgIpc) is 2.64. The molecule has 3 heterocycles. The van der Waals surface area contributed by atoms with E-state index in [4.69, 9.17) is 0 Å². The predicted octanol–water partition coefficient (Wildman–Crippen LogP) is 2.55. The van der Waals surface area contributed by atoms with E-state index in [-0.39, 0.29) is 23.1 Å². The van der Waals surface area contributed by atoms with E-state index in [1.165, 1.54) is 12.1 Å². The number of hydrogen-bond donors (Lipinski definition) is 1. The summed E-state index contributed by atoms with van der Waals surface area (Å²) < 4.78 is 15.2. The van der Waals surface area contributed by atoms with Crippen molar-refractivity contribution in [3.05, 3.63) is 68.4 Å². The topological polar surface area (TPSA) is 97.5 Å². The van der Waals surface area contributed by atoms with Gasteiger partial charge in [-0.3, -0.25) is 14.9 Å². The fourth-order valence-electron chi connectivity index (χ4n) is 4.00. The van der Waals surface area contributed by atoms with Gasteiger partial charge in [0.1, 0.15) is 0 Å². The van der Waals surface area contributed by atoms with Gasteiger partial charge in [-0.25, -0.2) is 4.79 Å². The zero-order chi connectivity index (χ0) is 19.1. The summed E-state index contributed by atoms with van der Waals surface area (Å²) in [6, 6.07) is 8.04. The number of benzene rings is 1. The van der Waals surface area contributed by atoms with E-state index in [1.54, 1.807) is 15.5 Å². The van der Waals surface area contributed by atoms with Crippen molar-refractivity contribution in [3.63, 3.8) is 0 Å². The quantitative estimate of drug-likeness (QED) is 0.647. The Labute approximate surface area is 153 Å². The van der Waals surface area contributed by atoms with Crippen molar-refractivity contribution in [3.8, 4) is 0 Å². The normalized spacial score (nSPS) is 20.7. The molecule has 27 heavy (non-hydrogen) atoms. The number of hydrogen-bond acceptors (Lipinski definition) is 4. The van der Waals surface area contributed by atoms with Crippen LogP contribution in [-0.4, -0.2) is 33.5 Å². The summed E-state index contributed by atoms with van der Waals surface area (Å²) in [6.45, 7) is 1.51. The monoisotopic (exact) mass is 372 g/mol. The minimum atomic E-state index is -0.951. The molecule has 2 amide bonds. The van der Waals surface area contributed by atoms with Crippen molar-refractivity contribution in [2.75, 3.05) is 18.4 Å². The highest BCUT2D eigenvalue weighted by Gasteiger charge is 2.36. The van der Waals surface area contributed by atoms with Crippen molar-refractivity contribution < 1.29 is 14.1 Å². The van der Waals surface area contributed by atoms with E-state index in [9.17, 15) is 24.1 Å². The Balaban J connectivity index is 1.52. The van der Waals surface area contributed by atoms with Gasteiger partial charge in [-0.1, -0.05) is 6.07 Å². The molecule has 1 saturated heterocycles. The van der Waals surface area contributed by atoms with Gasteiger partial charge in [0.2, 0.25) is 5.82 Å². The molecule has 1 aromatic carbocycles. The van der Waals surface area contributed by atoms with Gasteiger partial charge in [-0.05, 0) is 30.5 Å². The Kier molecular flexibility index (Phi) is 4.14. The Morgan fingerprint density at radius 1 is 1.22 bits per heavy atom. The van der Waals surface area contributed by atoms with Gasteiger partial charge < -0.3 is 14.8 Å². The summed E-state index contributed by atoms with van der Waals surface area (Å²) in [6.07, 6.45) is 0.912. The number of urea groups is 1. The number of fused-ring (bicyclic) bond motifs is 4. The van der Waals surface area contributed by atoms with Crippen LogP contribution in [0.3, 0.4) is 0 Å². The summed E-state index contributed by atoms with van der Waals surface area (Å²) in [4.78, 5) is 36.3. The van der Waals surface area contributed by atoms with Gasteiger partial charge in [-0.2, -0.15) is 4.39 Å². The SMILES string of the molecule is O=C(Nc1ccc(F)c([N+](=O)[O-])c1)N1C[C@@H]2C[C@H](C1)c1cccc(=O)n1C2. The molecule has 9 heteroatoms. The van der Waals surface area contributed by atoms with Gasteiger partial charge >= 0.3 is 11.7 Å². The summed E-state index contributed by atoms with van der Waals surface area (Å²) in [7, 11) is 0. The molecular formula is C18H17FN4O4. The third-order valence-corrected chi connectivity index (χ3v) is 5.16. The molecule has 1 fully saturated rings. The zero-order valence-electron chi connectivity index (χ0n) is 14.3. The molecule has 2 bridgehead atoms. The lowest BCUT2D eigenvalue weighted by Crippen LogP contribution is -2.50. The van der Waals surface area contributed by atoms with Crippen LogP contribution in [0.1, 0.15) is 18.0 Å². The molecule has 1 N–H and O–H groups in total. The summed E-state index contributed by atoms with van der Waals surface area (Å²) in [5.74, 6) is -0.711. The number of carbonyl (C=O) groups is 1. The van der Waals surface area contributed by atoms with Crippen molar-refractivity contribution in [2.45, 2.75) is 18.9 Å². The number of rotatable bonds is 2.